The fourth-order valence-electron chi connectivity index (χ4n) is 13.1. The summed E-state index contributed by atoms with van der Waals surface area (Å²) < 4.78 is 9.71. The molecule has 0 unspecified atom stereocenters. The zero-order valence-electron chi connectivity index (χ0n) is 44.4. The molecular weight excluding hydrogens is 997 g/mol. The van der Waals surface area contributed by atoms with E-state index in [0.29, 0.717) is 5.82 Å². The van der Waals surface area contributed by atoms with Gasteiger partial charge in [-0.1, -0.05) is 182 Å². The summed E-state index contributed by atoms with van der Waals surface area (Å²) in [5.41, 5.74) is 20.5. The second-order valence-electron chi connectivity index (χ2n) is 21.3. The van der Waals surface area contributed by atoms with Crippen molar-refractivity contribution >= 4 is 87.2 Å². The van der Waals surface area contributed by atoms with Gasteiger partial charge in [-0.15, -0.1) is 0 Å². The molecular formula is C76H48N6. The van der Waals surface area contributed by atoms with Gasteiger partial charge in [0.05, 0.1) is 61.2 Å². The lowest BCUT2D eigenvalue weighted by molar-refractivity contribution is 1.15. The molecule has 0 saturated carbocycles. The molecule has 6 heteroatoms. The van der Waals surface area contributed by atoms with E-state index in [0.717, 1.165) is 84.0 Å². The Morgan fingerprint density at radius 3 is 1.01 bits per heavy atom. The molecule has 6 nitrogen and oxygen atoms in total. The highest BCUT2D eigenvalue weighted by atomic mass is 15.0. The molecule has 0 saturated heterocycles. The Bertz CT molecular complexity index is 5240. The number of rotatable bonds is 8. The Morgan fingerprint density at radius 2 is 0.561 bits per heavy atom. The fraction of sp³-hybridized carbons (Fsp3) is 0. The van der Waals surface area contributed by atoms with Crippen LogP contribution in [-0.4, -0.2) is 28.2 Å². The Kier molecular flexibility index (Phi) is 10.2. The monoisotopic (exact) mass is 1040 g/mol. The van der Waals surface area contributed by atoms with Gasteiger partial charge < -0.3 is 18.3 Å². The molecule has 0 spiro atoms. The minimum Gasteiger partial charge on any atom is -0.309 e. The standard InChI is InChI=1S/C76H48N6/c1-3-20-49(21-4-1)65-48-66(50-22-5-2-6-23-50)78-76(77-65)52-38-41-73(82-72-37-18-12-31-61(72)64-47-55(40-43-75(64)82)81-69-34-15-9-28-58(69)59-29-10-16-35-70(59)81)62(45-52)51-24-19-25-53(44-51)79-71-36-17-11-30-60(71)63-46-54(39-42-74(63)79)80-67-32-13-7-26-56(67)57-27-8-14-33-68(57)80/h1-48H. The van der Waals surface area contributed by atoms with Crippen LogP contribution >= 0.6 is 0 Å². The number of hydrogen-bond acceptors (Lipinski definition) is 2. The zero-order chi connectivity index (χ0) is 53.8. The Labute approximate surface area is 471 Å². The third kappa shape index (κ3) is 7.08. The molecule has 0 bridgehead atoms. The lowest BCUT2D eigenvalue weighted by Gasteiger charge is -2.18. The van der Waals surface area contributed by atoms with Gasteiger partial charge in [0.15, 0.2) is 5.82 Å². The Hall–Kier alpha value is -11.1. The van der Waals surface area contributed by atoms with Crippen LogP contribution in [0.4, 0.5) is 0 Å². The number of fused-ring (bicyclic) bond motifs is 12. The van der Waals surface area contributed by atoms with Gasteiger partial charge in [-0.3, -0.25) is 0 Å². The molecule has 0 radical (unpaired) electrons. The van der Waals surface area contributed by atoms with Gasteiger partial charge in [0.1, 0.15) is 0 Å². The van der Waals surface area contributed by atoms with E-state index in [1.807, 2.05) is 12.1 Å². The molecule has 0 aliphatic rings. The van der Waals surface area contributed by atoms with Crippen LogP contribution in [0.15, 0.2) is 291 Å². The third-order valence-electron chi connectivity index (χ3n) is 16.8. The van der Waals surface area contributed by atoms with Crippen LogP contribution < -0.4 is 0 Å². The van der Waals surface area contributed by atoms with Crippen LogP contribution in [0.3, 0.4) is 0 Å². The average Bonchev–Trinajstić information content (AvgIpc) is 3.75. The molecule has 17 aromatic rings. The van der Waals surface area contributed by atoms with E-state index in [1.54, 1.807) is 0 Å². The predicted octanol–water partition coefficient (Wildman–Crippen LogP) is 19.5. The molecule has 82 heavy (non-hydrogen) atoms. The first-order chi connectivity index (χ1) is 40.7. The van der Waals surface area contributed by atoms with Crippen molar-refractivity contribution in [3.8, 4) is 67.8 Å². The SMILES string of the molecule is c1ccc(-c2cc(-c3ccccc3)nc(-c3ccc(-n4c5ccccc5c5cc(-n6c7ccccc7c7ccccc76)ccc54)c(-c4cccc(-n5c6ccccc6c6cc(-n7c8ccccc8c8ccccc87)ccc65)c4)c3)n2)cc1. The number of benzene rings is 12. The number of para-hydroxylation sites is 6. The van der Waals surface area contributed by atoms with Crippen LogP contribution in [-0.2, 0) is 0 Å². The molecule has 5 heterocycles. The fourth-order valence-corrected chi connectivity index (χ4v) is 13.1. The van der Waals surface area contributed by atoms with Crippen molar-refractivity contribution in [1.82, 2.24) is 28.2 Å². The number of hydrogen-bond donors (Lipinski definition) is 0. The molecule has 0 aliphatic heterocycles. The molecule has 5 aromatic heterocycles. The smallest absolute Gasteiger partial charge is 0.160 e. The van der Waals surface area contributed by atoms with E-state index in [-0.39, 0.29) is 0 Å². The number of aromatic nitrogens is 6. The minimum absolute atomic E-state index is 0.656. The summed E-state index contributed by atoms with van der Waals surface area (Å²) >= 11 is 0. The van der Waals surface area contributed by atoms with Crippen molar-refractivity contribution in [2.24, 2.45) is 0 Å². The summed E-state index contributed by atoms with van der Waals surface area (Å²) in [6.45, 7) is 0. The van der Waals surface area contributed by atoms with E-state index < -0.39 is 0 Å². The van der Waals surface area contributed by atoms with E-state index >= 15 is 0 Å². The highest BCUT2D eigenvalue weighted by molar-refractivity contribution is 6.14. The predicted molar refractivity (Wildman–Crippen MR) is 341 cm³/mol. The molecule has 12 aromatic carbocycles. The second kappa shape index (κ2) is 18.2. The van der Waals surface area contributed by atoms with Gasteiger partial charge in [0, 0.05) is 82.4 Å². The summed E-state index contributed by atoms with van der Waals surface area (Å²) in [7, 11) is 0. The van der Waals surface area contributed by atoms with Crippen LogP contribution in [0.2, 0.25) is 0 Å². The van der Waals surface area contributed by atoms with Crippen molar-refractivity contribution in [3.05, 3.63) is 291 Å². The highest BCUT2D eigenvalue weighted by Crippen LogP contribution is 2.43. The molecule has 0 N–H and O–H groups in total. The molecule has 17 rings (SSSR count). The maximum Gasteiger partial charge on any atom is 0.160 e. The Morgan fingerprint density at radius 1 is 0.207 bits per heavy atom. The van der Waals surface area contributed by atoms with E-state index in [2.05, 4.69) is 297 Å². The molecule has 0 fully saturated rings. The highest BCUT2D eigenvalue weighted by Gasteiger charge is 2.22. The third-order valence-corrected chi connectivity index (χ3v) is 16.8. The first-order valence-corrected chi connectivity index (χ1v) is 28.0. The molecule has 0 atom stereocenters. The second-order valence-corrected chi connectivity index (χ2v) is 21.3. The van der Waals surface area contributed by atoms with Gasteiger partial charge in [0.25, 0.3) is 0 Å². The van der Waals surface area contributed by atoms with Crippen LogP contribution in [0.1, 0.15) is 0 Å². The molecule has 0 amide bonds. The van der Waals surface area contributed by atoms with Crippen molar-refractivity contribution in [1.29, 1.82) is 0 Å². The van der Waals surface area contributed by atoms with Gasteiger partial charge in [-0.05, 0) is 115 Å². The van der Waals surface area contributed by atoms with Gasteiger partial charge >= 0.3 is 0 Å². The zero-order valence-corrected chi connectivity index (χ0v) is 44.4. The quantitative estimate of drug-likeness (QED) is 0.152. The summed E-state index contributed by atoms with van der Waals surface area (Å²) in [5, 5.41) is 9.73. The van der Waals surface area contributed by atoms with Crippen LogP contribution in [0.25, 0.3) is 155 Å². The normalized spacial score (nSPS) is 11.9. The van der Waals surface area contributed by atoms with Gasteiger partial charge in [-0.2, -0.15) is 0 Å². The largest absolute Gasteiger partial charge is 0.309 e. The van der Waals surface area contributed by atoms with Gasteiger partial charge in [0.2, 0.25) is 0 Å². The summed E-state index contributed by atoms with van der Waals surface area (Å²) in [5.74, 6) is 0.656. The topological polar surface area (TPSA) is 45.5 Å². The molecule has 0 aliphatic carbocycles. The van der Waals surface area contributed by atoms with Crippen molar-refractivity contribution in [2.45, 2.75) is 0 Å². The lowest BCUT2D eigenvalue weighted by Crippen LogP contribution is -2.01. The summed E-state index contributed by atoms with van der Waals surface area (Å²) in [6, 6.07) is 105. The van der Waals surface area contributed by atoms with E-state index in [9.17, 15) is 0 Å². The summed E-state index contributed by atoms with van der Waals surface area (Å²) in [6.07, 6.45) is 0. The van der Waals surface area contributed by atoms with E-state index in [1.165, 1.54) is 65.2 Å². The summed E-state index contributed by atoms with van der Waals surface area (Å²) in [4.78, 5) is 10.7. The Balaban J connectivity index is 0.889. The van der Waals surface area contributed by atoms with Crippen molar-refractivity contribution in [2.75, 3.05) is 0 Å². The first kappa shape index (κ1) is 45.9. The van der Waals surface area contributed by atoms with E-state index in [4.69, 9.17) is 9.97 Å². The number of nitrogens with zero attached hydrogens (tertiary/aromatic N) is 6. The maximum atomic E-state index is 5.36. The van der Waals surface area contributed by atoms with Crippen molar-refractivity contribution < 1.29 is 0 Å². The lowest BCUT2D eigenvalue weighted by atomic mass is 9.99. The van der Waals surface area contributed by atoms with Crippen molar-refractivity contribution in [3.63, 3.8) is 0 Å². The van der Waals surface area contributed by atoms with Gasteiger partial charge in [-0.25, -0.2) is 9.97 Å². The minimum atomic E-state index is 0.656. The van der Waals surface area contributed by atoms with Crippen LogP contribution in [0.5, 0.6) is 0 Å². The maximum absolute atomic E-state index is 5.36. The first-order valence-electron chi connectivity index (χ1n) is 28.0. The van der Waals surface area contributed by atoms with Crippen LogP contribution in [0, 0.1) is 0 Å². The molecule has 382 valence electrons. The average molecular weight is 1050 g/mol.